The van der Waals surface area contributed by atoms with Gasteiger partial charge >= 0.3 is 11.9 Å². The van der Waals surface area contributed by atoms with Crippen LogP contribution in [0.15, 0.2) is 42.9 Å². The van der Waals surface area contributed by atoms with Gasteiger partial charge in [-0.15, -0.1) is 0 Å². The number of hydrogen-bond donors (Lipinski definition) is 0. The van der Waals surface area contributed by atoms with E-state index in [0.29, 0.717) is 0 Å². The van der Waals surface area contributed by atoms with E-state index in [1.807, 2.05) is 0 Å². The van der Waals surface area contributed by atoms with Crippen LogP contribution in [0.2, 0.25) is 0 Å². The molecule has 2 heterocycles. The minimum Gasteiger partial charge on any atom is -0.493 e. The second-order valence-electron chi connectivity index (χ2n) is 10.3. The molecule has 0 atom stereocenters. The molecule has 5 aromatic rings. The van der Waals surface area contributed by atoms with E-state index < -0.39 is 34.4 Å². The van der Waals surface area contributed by atoms with E-state index in [1.165, 1.54) is 47.5 Å². The highest BCUT2D eigenvalue weighted by atomic mass is 16.5. The van der Waals surface area contributed by atoms with Gasteiger partial charge in [-0.1, -0.05) is 0 Å². The van der Waals surface area contributed by atoms with Gasteiger partial charge in [0.25, 0.3) is 0 Å². The van der Waals surface area contributed by atoms with Gasteiger partial charge in [-0.25, -0.2) is 9.59 Å². The third kappa shape index (κ3) is 4.89. The summed E-state index contributed by atoms with van der Waals surface area (Å²) in [6.45, 7) is 2.32. The lowest BCUT2D eigenvalue weighted by Crippen LogP contribution is -2.18. The van der Waals surface area contributed by atoms with Crippen molar-refractivity contribution in [1.29, 1.82) is 0 Å². The monoisotopic (exact) mass is 660 g/mol. The van der Waals surface area contributed by atoms with Gasteiger partial charge in [0.2, 0.25) is 10.9 Å². The van der Waals surface area contributed by atoms with Crippen LogP contribution in [0, 0.1) is 0 Å². The molecule has 0 amide bonds. The molecule has 0 spiro atoms. The van der Waals surface area contributed by atoms with E-state index in [2.05, 4.69) is 0 Å². The van der Waals surface area contributed by atoms with E-state index in [9.17, 15) is 28.8 Å². The molecule has 48 heavy (non-hydrogen) atoms. The van der Waals surface area contributed by atoms with Crippen molar-refractivity contribution in [3.05, 3.63) is 67.2 Å². The lowest BCUT2D eigenvalue weighted by Gasteiger charge is -2.18. The van der Waals surface area contributed by atoms with E-state index in [4.69, 9.17) is 37.3 Å². The van der Waals surface area contributed by atoms with Gasteiger partial charge < -0.3 is 37.3 Å². The molecule has 0 aliphatic carbocycles. The molecule has 0 radical (unpaired) electrons. The number of Topliss-reactive ketones (excluding diaryl/α,β-unsaturated/α-hetero) is 2. The Morgan fingerprint density at radius 2 is 1.15 bits per heavy atom. The third-order valence-electron chi connectivity index (χ3n) is 7.79. The van der Waals surface area contributed by atoms with Gasteiger partial charge in [-0.2, -0.15) is 0 Å². The molecule has 14 nitrogen and oxygen atoms in total. The summed E-state index contributed by atoms with van der Waals surface area (Å²) in [6.07, 6.45) is 1.01. The van der Waals surface area contributed by atoms with Crippen molar-refractivity contribution < 1.29 is 56.4 Å². The number of carbonyl (C=O) groups excluding carboxylic acids is 4. The van der Waals surface area contributed by atoms with Crippen LogP contribution in [-0.4, -0.2) is 66.2 Å². The van der Waals surface area contributed by atoms with Gasteiger partial charge in [0.15, 0.2) is 34.6 Å². The van der Waals surface area contributed by atoms with Crippen LogP contribution < -0.4 is 29.8 Å². The maximum atomic E-state index is 14.3. The average Bonchev–Trinajstić information content (AvgIpc) is 3.08. The van der Waals surface area contributed by atoms with Crippen molar-refractivity contribution in [2.75, 3.05) is 42.7 Å². The van der Waals surface area contributed by atoms with Gasteiger partial charge in [0, 0.05) is 23.3 Å². The number of rotatable bonds is 9. The summed E-state index contributed by atoms with van der Waals surface area (Å²) in [7, 11) is 7.35. The van der Waals surface area contributed by atoms with Crippen molar-refractivity contribution in [2.24, 2.45) is 0 Å². The molecule has 3 aromatic carbocycles. The van der Waals surface area contributed by atoms with E-state index in [-0.39, 0.29) is 89.3 Å². The molecule has 248 valence electrons. The summed E-state index contributed by atoms with van der Waals surface area (Å²) in [4.78, 5) is 81.2. The molecular weight excluding hydrogens is 632 g/mol. The first-order valence-corrected chi connectivity index (χ1v) is 14.0. The number of benzene rings is 3. The highest BCUT2D eigenvalue weighted by Gasteiger charge is 2.32. The zero-order chi connectivity index (χ0) is 35.2. The molecule has 0 unspecified atom stereocenters. The Labute approximate surface area is 270 Å². The SMILES string of the molecule is COC(=O)c1c(OC)c(OC)cc2occ(-c3c(C(C)=O)cc4c(=O)c5c(C(=O)OC)c(OC)c(OC)cc5oc4c3C(C)=O)c(=O)c12. The van der Waals surface area contributed by atoms with Crippen LogP contribution in [0.3, 0.4) is 0 Å². The van der Waals surface area contributed by atoms with Gasteiger partial charge in [-0.3, -0.25) is 19.2 Å². The number of hydrogen-bond acceptors (Lipinski definition) is 14. The van der Waals surface area contributed by atoms with Crippen molar-refractivity contribution in [2.45, 2.75) is 13.8 Å². The van der Waals surface area contributed by atoms with Crippen LogP contribution >= 0.6 is 0 Å². The number of ether oxygens (including phenoxy) is 6. The fraction of sp³-hybridized carbons (Fsp3) is 0.235. The number of carbonyl (C=O) groups is 4. The molecule has 0 saturated heterocycles. The van der Waals surface area contributed by atoms with E-state index in [1.54, 1.807) is 0 Å². The predicted octanol–water partition coefficient (Wildman–Crippen LogP) is 4.73. The molecule has 0 aliphatic heterocycles. The largest absolute Gasteiger partial charge is 0.493 e. The molecule has 5 rings (SSSR count). The molecular formula is C34H28O14. The summed E-state index contributed by atoms with van der Waals surface area (Å²) in [6, 6.07) is 3.77. The second kappa shape index (κ2) is 12.5. The van der Waals surface area contributed by atoms with Crippen molar-refractivity contribution in [3.63, 3.8) is 0 Å². The molecule has 2 aromatic heterocycles. The summed E-state index contributed by atoms with van der Waals surface area (Å²) in [5, 5.41) is -0.816. The number of esters is 2. The zero-order valence-electron chi connectivity index (χ0n) is 27.0. The number of methoxy groups -OCH3 is 6. The fourth-order valence-corrected chi connectivity index (χ4v) is 5.72. The normalized spacial score (nSPS) is 11.0. The minimum atomic E-state index is -0.958. The summed E-state index contributed by atoms with van der Waals surface area (Å²) < 4.78 is 43.2. The first kappa shape index (κ1) is 33.2. The molecule has 0 fully saturated rings. The van der Waals surface area contributed by atoms with Gasteiger partial charge in [0.05, 0.1) is 69.9 Å². The topological polar surface area (TPSA) is 184 Å². The van der Waals surface area contributed by atoms with Crippen LogP contribution in [0.4, 0.5) is 0 Å². The molecule has 0 N–H and O–H groups in total. The summed E-state index contributed by atoms with van der Waals surface area (Å²) in [5.74, 6) is -3.41. The van der Waals surface area contributed by atoms with Crippen LogP contribution in [0.25, 0.3) is 44.0 Å². The number of fused-ring (bicyclic) bond motifs is 3. The highest BCUT2D eigenvalue weighted by molar-refractivity contribution is 6.19. The van der Waals surface area contributed by atoms with Crippen molar-refractivity contribution in [3.8, 4) is 34.1 Å². The Hall–Kier alpha value is -6.18. The second-order valence-corrected chi connectivity index (χ2v) is 10.3. The standard InChI is InChI=1S/C34H28O14/c1-13(35)15-9-16-28(37)25-19(11-21(42-4)32(44-6)27(25)34(40)46-8)48-30(16)22(14(2)36)23(15)17-12-47-18-10-20(41-3)31(43-5)26(33(39)45-7)24(18)29(17)38/h9-12H,1-8H3. The lowest BCUT2D eigenvalue weighted by atomic mass is 9.88. The Balaban J connectivity index is 2.04. The minimum absolute atomic E-state index is 0.00717. The zero-order valence-corrected chi connectivity index (χ0v) is 27.0. The van der Waals surface area contributed by atoms with Gasteiger partial charge in [0.1, 0.15) is 34.1 Å². The van der Waals surface area contributed by atoms with Crippen molar-refractivity contribution >= 4 is 56.4 Å². The molecule has 0 bridgehead atoms. The van der Waals surface area contributed by atoms with E-state index >= 15 is 0 Å². The average molecular weight is 661 g/mol. The maximum absolute atomic E-state index is 14.3. The highest BCUT2D eigenvalue weighted by Crippen LogP contribution is 2.42. The first-order valence-electron chi connectivity index (χ1n) is 14.0. The Bertz CT molecular complexity index is 2340. The lowest BCUT2D eigenvalue weighted by molar-refractivity contribution is 0.0589. The van der Waals surface area contributed by atoms with E-state index in [0.717, 1.165) is 33.5 Å². The number of ketones is 2. The third-order valence-corrected chi connectivity index (χ3v) is 7.79. The molecule has 14 heteroatoms. The molecule has 0 aliphatic rings. The van der Waals surface area contributed by atoms with Crippen LogP contribution in [0.5, 0.6) is 23.0 Å². The fourth-order valence-electron chi connectivity index (χ4n) is 5.72. The van der Waals surface area contributed by atoms with Crippen molar-refractivity contribution in [1.82, 2.24) is 0 Å². The first-order chi connectivity index (χ1) is 22.9. The smallest absolute Gasteiger partial charge is 0.342 e. The van der Waals surface area contributed by atoms with Gasteiger partial charge in [-0.05, 0) is 19.9 Å². The maximum Gasteiger partial charge on any atom is 0.342 e. The summed E-state index contributed by atoms with van der Waals surface area (Å²) >= 11 is 0. The van der Waals surface area contributed by atoms with Crippen LogP contribution in [-0.2, 0) is 9.47 Å². The van der Waals surface area contributed by atoms with Crippen LogP contribution in [0.1, 0.15) is 55.3 Å². The quantitative estimate of drug-likeness (QED) is 0.120. The summed E-state index contributed by atoms with van der Waals surface area (Å²) in [5.41, 5.74) is -3.96. The predicted molar refractivity (Wildman–Crippen MR) is 170 cm³/mol. The Morgan fingerprint density at radius 1 is 0.625 bits per heavy atom. The Kier molecular flexibility index (Phi) is 8.68. The molecule has 0 saturated carbocycles. The Morgan fingerprint density at radius 3 is 1.60 bits per heavy atom.